The summed E-state index contributed by atoms with van der Waals surface area (Å²) < 4.78 is 0. The molecule has 0 radical (unpaired) electrons. The highest BCUT2D eigenvalue weighted by Crippen LogP contribution is 2.10. The molecule has 6 heteroatoms. The van der Waals surface area contributed by atoms with Gasteiger partial charge in [0.2, 0.25) is 5.91 Å². The van der Waals surface area contributed by atoms with Gasteiger partial charge in [0.15, 0.2) is 0 Å². The predicted octanol–water partition coefficient (Wildman–Crippen LogP) is 1.82. The maximum Gasteiger partial charge on any atom is 0.313 e. The van der Waals surface area contributed by atoms with Gasteiger partial charge in [-0.15, -0.1) is 11.8 Å². The zero-order valence-electron chi connectivity index (χ0n) is 9.69. The summed E-state index contributed by atoms with van der Waals surface area (Å²) in [6, 6.07) is 7.46. The standard InChI is InChI=1S/C12H14ClNO3S/c13-10-3-1-2-9(6-10)4-5-14-11(15)7-18-8-12(16)17/h1-3,6H,4-5,7-8H2,(H,14,15)(H,16,17). The lowest BCUT2D eigenvalue weighted by atomic mass is 10.1. The summed E-state index contributed by atoms with van der Waals surface area (Å²) in [6.07, 6.45) is 0.704. The van der Waals surface area contributed by atoms with Crippen molar-refractivity contribution < 1.29 is 14.7 Å². The molecule has 1 aromatic rings. The number of nitrogens with one attached hydrogen (secondary N) is 1. The summed E-state index contributed by atoms with van der Waals surface area (Å²) in [5, 5.41) is 11.8. The van der Waals surface area contributed by atoms with Gasteiger partial charge in [-0.2, -0.15) is 0 Å². The first-order valence-electron chi connectivity index (χ1n) is 5.38. The third-order valence-electron chi connectivity index (χ3n) is 2.08. The van der Waals surface area contributed by atoms with Gasteiger partial charge in [-0.3, -0.25) is 9.59 Å². The molecule has 98 valence electrons. The second kappa shape index (κ2) is 8.00. The monoisotopic (exact) mass is 287 g/mol. The molecule has 18 heavy (non-hydrogen) atoms. The highest BCUT2D eigenvalue weighted by Gasteiger charge is 2.03. The van der Waals surface area contributed by atoms with E-state index in [9.17, 15) is 9.59 Å². The van der Waals surface area contributed by atoms with Crippen molar-refractivity contribution >= 4 is 35.2 Å². The number of aliphatic carboxylic acids is 1. The van der Waals surface area contributed by atoms with Gasteiger partial charge in [0, 0.05) is 11.6 Å². The number of halogens is 1. The van der Waals surface area contributed by atoms with Crippen molar-refractivity contribution in [1.82, 2.24) is 5.32 Å². The molecule has 0 atom stereocenters. The normalized spacial score (nSPS) is 10.1. The van der Waals surface area contributed by atoms with E-state index in [1.54, 1.807) is 6.07 Å². The third-order valence-corrected chi connectivity index (χ3v) is 3.24. The average Bonchev–Trinajstić information content (AvgIpc) is 2.28. The Balaban J connectivity index is 2.17. The maximum absolute atomic E-state index is 11.3. The number of thioether (sulfide) groups is 1. The number of rotatable bonds is 7. The van der Waals surface area contributed by atoms with Crippen molar-refractivity contribution in [3.63, 3.8) is 0 Å². The van der Waals surface area contributed by atoms with Crippen molar-refractivity contribution in [1.29, 1.82) is 0 Å². The fourth-order valence-corrected chi connectivity index (χ4v) is 2.10. The summed E-state index contributed by atoms with van der Waals surface area (Å²) in [5.74, 6) is -0.946. The number of amides is 1. The van der Waals surface area contributed by atoms with E-state index in [1.165, 1.54) is 0 Å². The second-order valence-corrected chi connectivity index (χ2v) is 5.04. The van der Waals surface area contributed by atoms with E-state index in [0.29, 0.717) is 18.0 Å². The van der Waals surface area contributed by atoms with Gasteiger partial charge < -0.3 is 10.4 Å². The van der Waals surface area contributed by atoms with Crippen molar-refractivity contribution in [2.45, 2.75) is 6.42 Å². The van der Waals surface area contributed by atoms with E-state index in [1.807, 2.05) is 18.2 Å². The molecule has 1 rings (SSSR count). The number of hydrogen-bond donors (Lipinski definition) is 2. The highest BCUT2D eigenvalue weighted by atomic mass is 35.5. The Morgan fingerprint density at radius 3 is 2.78 bits per heavy atom. The Labute approximate surface area is 115 Å². The molecular weight excluding hydrogens is 274 g/mol. The molecule has 0 fully saturated rings. The van der Waals surface area contributed by atoms with E-state index in [0.717, 1.165) is 17.3 Å². The minimum Gasteiger partial charge on any atom is -0.481 e. The fraction of sp³-hybridized carbons (Fsp3) is 0.333. The molecule has 0 aliphatic carbocycles. The summed E-state index contributed by atoms with van der Waals surface area (Å²) in [5.41, 5.74) is 1.06. The van der Waals surface area contributed by atoms with Gasteiger partial charge in [-0.1, -0.05) is 23.7 Å². The van der Waals surface area contributed by atoms with Crippen molar-refractivity contribution in [3.8, 4) is 0 Å². The minimum absolute atomic E-state index is 0.0539. The molecule has 2 N–H and O–H groups in total. The third kappa shape index (κ3) is 6.51. The largest absolute Gasteiger partial charge is 0.481 e. The van der Waals surface area contributed by atoms with Gasteiger partial charge in [0.1, 0.15) is 0 Å². The van der Waals surface area contributed by atoms with Crippen LogP contribution in [0.4, 0.5) is 0 Å². The summed E-state index contributed by atoms with van der Waals surface area (Å²) in [4.78, 5) is 21.6. The van der Waals surface area contributed by atoms with E-state index >= 15 is 0 Å². The van der Waals surface area contributed by atoms with Crippen LogP contribution in [0.1, 0.15) is 5.56 Å². The number of carbonyl (C=O) groups is 2. The van der Waals surface area contributed by atoms with Gasteiger partial charge in [-0.05, 0) is 24.1 Å². The van der Waals surface area contributed by atoms with Crippen molar-refractivity contribution in [3.05, 3.63) is 34.9 Å². The number of carbonyl (C=O) groups excluding carboxylic acids is 1. The Morgan fingerprint density at radius 1 is 1.33 bits per heavy atom. The molecule has 1 aromatic carbocycles. The molecule has 0 aliphatic heterocycles. The molecule has 0 saturated carbocycles. The summed E-state index contributed by atoms with van der Waals surface area (Å²) in [7, 11) is 0. The molecular formula is C12H14ClNO3S. The van der Waals surface area contributed by atoms with E-state index < -0.39 is 5.97 Å². The quantitative estimate of drug-likeness (QED) is 0.803. The molecule has 1 amide bonds. The van der Waals surface area contributed by atoms with Crippen LogP contribution in [0, 0.1) is 0 Å². The van der Waals surface area contributed by atoms with Crippen LogP contribution in [0.3, 0.4) is 0 Å². The van der Waals surface area contributed by atoms with Crippen LogP contribution < -0.4 is 5.32 Å². The van der Waals surface area contributed by atoms with Gasteiger partial charge in [0.25, 0.3) is 0 Å². The zero-order chi connectivity index (χ0) is 13.4. The molecule has 4 nitrogen and oxygen atoms in total. The smallest absolute Gasteiger partial charge is 0.313 e. The van der Waals surface area contributed by atoms with E-state index in [-0.39, 0.29) is 17.4 Å². The Kier molecular flexibility index (Phi) is 6.60. The highest BCUT2D eigenvalue weighted by molar-refractivity contribution is 8.00. The first kappa shape index (κ1) is 14.9. The summed E-state index contributed by atoms with van der Waals surface area (Å²) >= 11 is 6.92. The Bertz CT molecular complexity index is 426. The van der Waals surface area contributed by atoms with Crippen LogP contribution >= 0.6 is 23.4 Å². The second-order valence-electron chi connectivity index (χ2n) is 3.62. The van der Waals surface area contributed by atoms with Crippen LogP contribution in [-0.2, 0) is 16.0 Å². The van der Waals surface area contributed by atoms with Crippen molar-refractivity contribution in [2.24, 2.45) is 0 Å². The van der Waals surface area contributed by atoms with Crippen LogP contribution in [0.2, 0.25) is 5.02 Å². The first-order chi connectivity index (χ1) is 8.58. The van der Waals surface area contributed by atoms with Gasteiger partial charge >= 0.3 is 5.97 Å². The molecule has 0 spiro atoms. The Morgan fingerprint density at radius 2 is 2.11 bits per heavy atom. The minimum atomic E-state index is -0.910. The van der Waals surface area contributed by atoms with Crippen molar-refractivity contribution in [2.75, 3.05) is 18.1 Å². The van der Waals surface area contributed by atoms with Crippen LogP contribution in [0.5, 0.6) is 0 Å². The first-order valence-corrected chi connectivity index (χ1v) is 6.92. The molecule has 0 aliphatic rings. The fourth-order valence-electron chi connectivity index (χ4n) is 1.32. The number of hydrogen-bond acceptors (Lipinski definition) is 3. The average molecular weight is 288 g/mol. The summed E-state index contributed by atoms with van der Waals surface area (Å²) in [6.45, 7) is 0.521. The molecule has 0 saturated heterocycles. The lowest BCUT2D eigenvalue weighted by Crippen LogP contribution is -2.27. The van der Waals surface area contributed by atoms with E-state index in [2.05, 4.69) is 5.32 Å². The van der Waals surface area contributed by atoms with E-state index in [4.69, 9.17) is 16.7 Å². The number of carboxylic acids is 1. The molecule has 0 heterocycles. The van der Waals surface area contributed by atoms with Crippen LogP contribution in [-0.4, -0.2) is 35.0 Å². The SMILES string of the molecule is O=C(O)CSCC(=O)NCCc1cccc(Cl)c1. The maximum atomic E-state index is 11.3. The molecule has 0 aromatic heterocycles. The predicted molar refractivity (Wildman–Crippen MR) is 73.1 cm³/mol. The topological polar surface area (TPSA) is 66.4 Å². The number of carboxylic acid groups (broad SMARTS) is 1. The lowest BCUT2D eigenvalue weighted by molar-refractivity contribution is -0.133. The molecule has 0 unspecified atom stereocenters. The van der Waals surface area contributed by atoms with Gasteiger partial charge in [-0.25, -0.2) is 0 Å². The van der Waals surface area contributed by atoms with Crippen LogP contribution in [0.15, 0.2) is 24.3 Å². The lowest BCUT2D eigenvalue weighted by Gasteiger charge is -2.05. The molecule has 0 bridgehead atoms. The van der Waals surface area contributed by atoms with Crippen LogP contribution in [0.25, 0.3) is 0 Å². The Hall–Kier alpha value is -1.20. The van der Waals surface area contributed by atoms with Gasteiger partial charge in [0.05, 0.1) is 11.5 Å². The zero-order valence-corrected chi connectivity index (χ0v) is 11.3. The number of benzene rings is 1.